The van der Waals surface area contributed by atoms with Gasteiger partial charge in [0.1, 0.15) is 5.01 Å². The average molecular weight is 268 g/mol. The molecule has 0 saturated heterocycles. The fraction of sp³-hybridized carbons (Fsp3) is 0.786. The second-order valence-electron chi connectivity index (χ2n) is 6.30. The van der Waals surface area contributed by atoms with Crippen molar-refractivity contribution in [2.24, 2.45) is 5.73 Å². The van der Waals surface area contributed by atoms with Crippen molar-refractivity contribution < 1.29 is 4.74 Å². The first kappa shape index (κ1) is 14.0. The molecule has 0 bridgehead atoms. The van der Waals surface area contributed by atoms with E-state index in [1.807, 2.05) is 0 Å². The van der Waals surface area contributed by atoms with E-state index < -0.39 is 0 Å². The second kappa shape index (κ2) is 4.91. The topological polar surface area (TPSA) is 48.1 Å². The molecule has 18 heavy (non-hydrogen) atoms. The Morgan fingerprint density at radius 3 is 2.72 bits per heavy atom. The first-order valence-electron chi connectivity index (χ1n) is 6.66. The van der Waals surface area contributed by atoms with Crippen LogP contribution in [-0.2, 0) is 15.7 Å². The summed E-state index contributed by atoms with van der Waals surface area (Å²) in [5.41, 5.74) is 7.44. The zero-order valence-electron chi connectivity index (χ0n) is 11.8. The fourth-order valence-corrected chi connectivity index (χ4v) is 3.80. The molecule has 2 rings (SSSR count). The second-order valence-corrected chi connectivity index (χ2v) is 7.16. The molecule has 4 heteroatoms. The molecule has 1 aromatic rings. The first-order chi connectivity index (χ1) is 8.38. The van der Waals surface area contributed by atoms with E-state index in [2.05, 4.69) is 26.2 Å². The largest absolute Gasteiger partial charge is 0.379 e. The summed E-state index contributed by atoms with van der Waals surface area (Å²) in [4.78, 5) is 4.79. The van der Waals surface area contributed by atoms with Crippen LogP contribution in [0, 0.1) is 0 Å². The lowest BCUT2D eigenvalue weighted by Crippen LogP contribution is -2.50. The van der Waals surface area contributed by atoms with Crippen LogP contribution in [0.25, 0.3) is 0 Å². The Morgan fingerprint density at radius 2 is 2.17 bits per heavy atom. The van der Waals surface area contributed by atoms with Crippen molar-refractivity contribution in [1.29, 1.82) is 0 Å². The molecule has 0 amide bonds. The highest BCUT2D eigenvalue weighted by atomic mass is 32.1. The van der Waals surface area contributed by atoms with Crippen LogP contribution in [0.2, 0.25) is 0 Å². The number of thiazole rings is 1. The highest BCUT2D eigenvalue weighted by Crippen LogP contribution is 2.39. The van der Waals surface area contributed by atoms with E-state index in [0.717, 1.165) is 23.5 Å². The normalized spacial score (nSPS) is 29.5. The third kappa shape index (κ3) is 2.46. The number of hydrogen-bond acceptors (Lipinski definition) is 4. The predicted molar refractivity (Wildman–Crippen MR) is 75.9 cm³/mol. The molecule has 1 aliphatic rings. The van der Waals surface area contributed by atoms with Crippen LogP contribution in [0.15, 0.2) is 5.38 Å². The summed E-state index contributed by atoms with van der Waals surface area (Å²) in [7, 11) is 1.76. The highest BCUT2D eigenvalue weighted by molar-refractivity contribution is 7.09. The van der Waals surface area contributed by atoms with E-state index in [1.165, 1.54) is 12.8 Å². The summed E-state index contributed by atoms with van der Waals surface area (Å²) in [6.45, 7) is 6.55. The van der Waals surface area contributed by atoms with Gasteiger partial charge in [-0.15, -0.1) is 11.3 Å². The zero-order chi connectivity index (χ0) is 13.4. The van der Waals surface area contributed by atoms with E-state index >= 15 is 0 Å². The molecule has 3 nitrogen and oxygen atoms in total. The number of nitrogens with two attached hydrogens (primary N) is 1. The molecule has 0 aromatic carbocycles. The molecular formula is C14H24N2OS. The summed E-state index contributed by atoms with van der Waals surface area (Å²) in [5.74, 6) is 0. The van der Waals surface area contributed by atoms with Crippen molar-refractivity contribution in [3.05, 3.63) is 16.1 Å². The Hall–Kier alpha value is -0.450. The van der Waals surface area contributed by atoms with Gasteiger partial charge in [0.25, 0.3) is 0 Å². The van der Waals surface area contributed by atoms with Gasteiger partial charge in [0.2, 0.25) is 0 Å². The van der Waals surface area contributed by atoms with E-state index in [1.54, 1.807) is 18.4 Å². The van der Waals surface area contributed by atoms with E-state index in [9.17, 15) is 0 Å². The molecular weight excluding hydrogens is 244 g/mol. The number of ether oxygens (including phenoxy) is 1. The van der Waals surface area contributed by atoms with Gasteiger partial charge in [0, 0.05) is 17.9 Å². The minimum Gasteiger partial charge on any atom is -0.379 e. The standard InChI is InChI=1S/C14H24N2OS/c1-13(2,3)10-9-18-12(16-10)14(15)8-6-5-7-11(14)17-4/h9,11H,5-8,15H2,1-4H3. The van der Waals surface area contributed by atoms with Crippen molar-refractivity contribution in [2.75, 3.05) is 7.11 Å². The number of nitrogens with zero attached hydrogens (tertiary/aromatic N) is 1. The minimum absolute atomic E-state index is 0.0857. The number of hydrogen-bond donors (Lipinski definition) is 1. The lowest BCUT2D eigenvalue weighted by Gasteiger charge is -2.38. The maximum Gasteiger partial charge on any atom is 0.115 e. The van der Waals surface area contributed by atoms with Crippen LogP contribution < -0.4 is 5.73 Å². The van der Waals surface area contributed by atoms with Crippen LogP contribution >= 0.6 is 11.3 Å². The Morgan fingerprint density at radius 1 is 1.44 bits per heavy atom. The summed E-state index contributed by atoms with van der Waals surface area (Å²) in [6.07, 6.45) is 4.49. The Kier molecular flexibility index (Phi) is 3.81. The van der Waals surface area contributed by atoms with Gasteiger partial charge in [-0.2, -0.15) is 0 Å². The summed E-state index contributed by atoms with van der Waals surface area (Å²) >= 11 is 1.68. The lowest BCUT2D eigenvalue weighted by atomic mass is 9.80. The highest BCUT2D eigenvalue weighted by Gasteiger charge is 2.41. The summed E-state index contributed by atoms with van der Waals surface area (Å²) < 4.78 is 5.60. The van der Waals surface area contributed by atoms with Gasteiger partial charge in [-0.1, -0.05) is 33.6 Å². The van der Waals surface area contributed by atoms with Gasteiger partial charge in [-0.05, 0) is 12.8 Å². The van der Waals surface area contributed by atoms with Crippen molar-refractivity contribution in [3.63, 3.8) is 0 Å². The molecule has 1 fully saturated rings. The smallest absolute Gasteiger partial charge is 0.115 e. The Labute approximate surface area is 114 Å². The summed E-state index contributed by atoms with van der Waals surface area (Å²) in [5, 5.41) is 3.18. The number of aromatic nitrogens is 1. The van der Waals surface area contributed by atoms with Crippen LogP contribution in [0.5, 0.6) is 0 Å². The maximum absolute atomic E-state index is 6.61. The molecule has 102 valence electrons. The number of rotatable bonds is 2. The molecule has 0 aliphatic heterocycles. The molecule has 0 spiro atoms. The van der Waals surface area contributed by atoms with Crippen molar-refractivity contribution in [2.45, 2.75) is 63.5 Å². The third-order valence-electron chi connectivity index (χ3n) is 3.84. The quantitative estimate of drug-likeness (QED) is 0.896. The maximum atomic E-state index is 6.61. The van der Waals surface area contributed by atoms with Crippen LogP contribution in [0.1, 0.15) is 57.2 Å². The van der Waals surface area contributed by atoms with Gasteiger partial charge in [0.15, 0.2) is 0 Å². The molecule has 1 saturated carbocycles. The van der Waals surface area contributed by atoms with Crippen LogP contribution in [0.4, 0.5) is 0 Å². The SMILES string of the molecule is COC1CCCCC1(N)c1nc(C(C)(C)C)cs1. The Bertz CT molecular complexity index is 410. The van der Waals surface area contributed by atoms with E-state index in [4.69, 9.17) is 15.5 Å². The molecule has 2 N–H and O–H groups in total. The lowest BCUT2D eigenvalue weighted by molar-refractivity contribution is 0.00358. The monoisotopic (exact) mass is 268 g/mol. The Balaban J connectivity index is 2.31. The van der Waals surface area contributed by atoms with E-state index in [-0.39, 0.29) is 17.1 Å². The zero-order valence-corrected chi connectivity index (χ0v) is 12.6. The molecule has 2 unspecified atom stereocenters. The van der Waals surface area contributed by atoms with Crippen molar-refractivity contribution in [1.82, 2.24) is 4.98 Å². The van der Waals surface area contributed by atoms with E-state index in [0.29, 0.717) is 0 Å². The molecule has 1 aliphatic carbocycles. The average Bonchev–Trinajstić information content (AvgIpc) is 2.79. The van der Waals surface area contributed by atoms with Crippen LogP contribution in [0.3, 0.4) is 0 Å². The molecule has 2 atom stereocenters. The molecule has 1 heterocycles. The minimum atomic E-state index is -0.388. The van der Waals surface area contributed by atoms with Gasteiger partial charge in [0.05, 0.1) is 17.3 Å². The van der Waals surface area contributed by atoms with Gasteiger partial charge in [-0.25, -0.2) is 4.98 Å². The van der Waals surface area contributed by atoms with Crippen molar-refractivity contribution >= 4 is 11.3 Å². The first-order valence-corrected chi connectivity index (χ1v) is 7.54. The third-order valence-corrected chi connectivity index (χ3v) is 4.87. The predicted octanol–water partition coefficient (Wildman–Crippen LogP) is 3.18. The van der Waals surface area contributed by atoms with Crippen molar-refractivity contribution in [3.8, 4) is 0 Å². The number of methoxy groups -OCH3 is 1. The van der Waals surface area contributed by atoms with Crippen LogP contribution in [-0.4, -0.2) is 18.2 Å². The van der Waals surface area contributed by atoms with Gasteiger partial charge >= 0.3 is 0 Å². The van der Waals surface area contributed by atoms with Gasteiger partial charge in [-0.3, -0.25) is 0 Å². The molecule has 1 aromatic heterocycles. The van der Waals surface area contributed by atoms with Gasteiger partial charge < -0.3 is 10.5 Å². The summed E-state index contributed by atoms with van der Waals surface area (Å²) in [6, 6.07) is 0. The molecule has 0 radical (unpaired) electrons. The fourth-order valence-electron chi connectivity index (χ4n) is 2.57.